The van der Waals surface area contributed by atoms with E-state index in [9.17, 15) is 0 Å². The lowest BCUT2D eigenvalue weighted by molar-refractivity contribution is -0.196. The molecule has 0 unspecified atom stereocenters. The molecule has 2 nitrogen and oxygen atoms in total. The molecule has 1 spiro atoms. The van der Waals surface area contributed by atoms with Crippen LogP contribution in [0.4, 0.5) is 0 Å². The van der Waals surface area contributed by atoms with E-state index in [1.807, 2.05) is 0 Å². The molecule has 0 N–H and O–H groups in total. The van der Waals surface area contributed by atoms with Crippen LogP contribution >= 0.6 is 0 Å². The molecule has 0 aromatic carbocycles. The Morgan fingerprint density at radius 3 is 2.27 bits per heavy atom. The van der Waals surface area contributed by atoms with Crippen LogP contribution in [-0.2, 0) is 9.47 Å². The third kappa shape index (κ3) is 2.21. The number of rotatable bonds is 2. The maximum Gasteiger partial charge on any atom is 0.169 e. The summed E-state index contributed by atoms with van der Waals surface area (Å²) in [6.07, 6.45) is 7.79. The van der Waals surface area contributed by atoms with Crippen LogP contribution in [0.3, 0.4) is 0 Å². The van der Waals surface area contributed by atoms with E-state index in [0.29, 0.717) is 18.1 Å². The lowest BCUT2D eigenvalue weighted by atomic mass is 9.94. The molecule has 1 aliphatic carbocycles. The Balaban J connectivity index is 2.05. The topological polar surface area (TPSA) is 18.5 Å². The zero-order valence-electron chi connectivity index (χ0n) is 10.3. The van der Waals surface area contributed by atoms with Crippen molar-refractivity contribution in [1.29, 1.82) is 0 Å². The summed E-state index contributed by atoms with van der Waals surface area (Å²) in [5, 5.41) is 0. The Kier molecular flexibility index (Phi) is 3.36. The molecule has 2 fully saturated rings. The zero-order valence-corrected chi connectivity index (χ0v) is 10.3. The van der Waals surface area contributed by atoms with Gasteiger partial charge in [0.1, 0.15) is 0 Å². The van der Waals surface area contributed by atoms with E-state index in [-0.39, 0.29) is 5.79 Å². The van der Waals surface area contributed by atoms with Crippen LogP contribution in [0, 0.1) is 5.92 Å². The average Bonchev–Trinajstić information content (AvgIpc) is 2.58. The molecule has 2 heteroatoms. The van der Waals surface area contributed by atoms with Crippen LogP contribution in [-0.4, -0.2) is 18.0 Å². The Morgan fingerprint density at radius 1 is 1.13 bits per heavy atom. The fourth-order valence-corrected chi connectivity index (χ4v) is 2.90. The minimum Gasteiger partial charge on any atom is -0.344 e. The van der Waals surface area contributed by atoms with Crippen molar-refractivity contribution in [2.75, 3.05) is 0 Å². The predicted octanol–water partition coefficient (Wildman–Crippen LogP) is 3.50. The summed E-state index contributed by atoms with van der Waals surface area (Å²) in [6.45, 7) is 6.67. The highest BCUT2D eigenvalue weighted by molar-refractivity contribution is 4.88. The highest BCUT2D eigenvalue weighted by atomic mass is 16.8. The zero-order chi connectivity index (χ0) is 10.9. The van der Waals surface area contributed by atoms with Crippen LogP contribution < -0.4 is 0 Å². The molecule has 0 amide bonds. The standard InChI is InChI=1S/C13H24O2/c1-4-11-12(10(2)3)15-13(14-11)8-6-5-7-9-13/h10-12H,4-9H2,1-3H3/t11-,12+/m1/s1. The summed E-state index contributed by atoms with van der Waals surface area (Å²) >= 11 is 0. The molecule has 0 aromatic heterocycles. The van der Waals surface area contributed by atoms with Gasteiger partial charge in [0, 0.05) is 12.8 Å². The fourth-order valence-electron chi connectivity index (χ4n) is 2.90. The van der Waals surface area contributed by atoms with Gasteiger partial charge < -0.3 is 9.47 Å². The van der Waals surface area contributed by atoms with Gasteiger partial charge in [-0.1, -0.05) is 27.2 Å². The van der Waals surface area contributed by atoms with Crippen molar-refractivity contribution in [3.8, 4) is 0 Å². The van der Waals surface area contributed by atoms with Crippen molar-refractivity contribution >= 4 is 0 Å². The van der Waals surface area contributed by atoms with E-state index >= 15 is 0 Å². The number of hydrogen-bond donors (Lipinski definition) is 0. The van der Waals surface area contributed by atoms with Crippen molar-refractivity contribution < 1.29 is 9.47 Å². The lowest BCUT2D eigenvalue weighted by Gasteiger charge is -2.32. The molecule has 0 aromatic rings. The molecule has 1 aliphatic heterocycles. The molecule has 15 heavy (non-hydrogen) atoms. The van der Waals surface area contributed by atoms with Gasteiger partial charge in [0.05, 0.1) is 12.2 Å². The largest absolute Gasteiger partial charge is 0.344 e. The smallest absolute Gasteiger partial charge is 0.169 e. The van der Waals surface area contributed by atoms with E-state index in [1.165, 1.54) is 19.3 Å². The first-order chi connectivity index (χ1) is 7.17. The summed E-state index contributed by atoms with van der Waals surface area (Å²) < 4.78 is 12.4. The van der Waals surface area contributed by atoms with Gasteiger partial charge in [0.25, 0.3) is 0 Å². The summed E-state index contributed by atoms with van der Waals surface area (Å²) in [6, 6.07) is 0. The van der Waals surface area contributed by atoms with Crippen LogP contribution in [0.15, 0.2) is 0 Å². The quantitative estimate of drug-likeness (QED) is 0.697. The van der Waals surface area contributed by atoms with Crippen molar-refractivity contribution in [2.24, 2.45) is 5.92 Å². The molecule has 88 valence electrons. The second-order valence-corrected chi connectivity index (χ2v) is 5.36. The number of ether oxygens (including phenoxy) is 2. The minimum atomic E-state index is -0.201. The van der Waals surface area contributed by atoms with Crippen molar-refractivity contribution in [3.05, 3.63) is 0 Å². The molecular formula is C13H24O2. The first-order valence-corrected chi connectivity index (χ1v) is 6.52. The normalized spacial score (nSPS) is 35.2. The first-order valence-electron chi connectivity index (χ1n) is 6.52. The molecule has 2 rings (SSSR count). The van der Waals surface area contributed by atoms with Gasteiger partial charge in [0.15, 0.2) is 5.79 Å². The average molecular weight is 212 g/mol. The van der Waals surface area contributed by atoms with Crippen LogP contribution in [0.1, 0.15) is 59.3 Å². The van der Waals surface area contributed by atoms with Crippen molar-refractivity contribution in [3.63, 3.8) is 0 Å². The summed E-state index contributed by atoms with van der Waals surface area (Å²) in [5.41, 5.74) is 0. The second kappa shape index (κ2) is 4.42. The molecule has 0 bridgehead atoms. The monoisotopic (exact) mass is 212 g/mol. The molecule has 2 aliphatic rings. The fraction of sp³-hybridized carbons (Fsp3) is 1.00. The Labute approximate surface area is 93.3 Å². The third-order valence-corrected chi connectivity index (χ3v) is 3.76. The summed E-state index contributed by atoms with van der Waals surface area (Å²) in [7, 11) is 0. The molecule has 1 saturated carbocycles. The Morgan fingerprint density at radius 2 is 1.80 bits per heavy atom. The molecule has 0 radical (unpaired) electrons. The Bertz CT molecular complexity index is 207. The first kappa shape index (κ1) is 11.4. The van der Waals surface area contributed by atoms with Crippen LogP contribution in [0.2, 0.25) is 0 Å². The molecule has 2 atom stereocenters. The van der Waals surface area contributed by atoms with Gasteiger partial charge in [-0.3, -0.25) is 0 Å². The Hall–Kier alpha value is -0.0800. The van der Waals surface area contributed by atoms with Crippen LogP contribution in [0.5, 0.6) is 0 Å². The van der Waals surface area contributed by atoms with E-state index in [4.69, 9.17) is 9.47 Å². The van der Waals surface area contributed by atoms with Gasteiger partial charge in [-0.2, -0.15) is 0 Å². The van der Waals surface area contributed by atoms with Crippen LogP contribution in [0.25, 0.3) is 0 Å². The van der Waals surface area contributed by atoms with Gasteiger partial charge in [-0.05, 0) is 25.2 Å². The SMILES string of the molecule is CC[C@H]1OC2(CCCCC2)O[C@H]1C(C)C. The summed E-state index contributed by atoms with van der Waals surface area (Å²) in [4.78, 5) is 0. The van der Waals surface area contributed by atoms with E-state index in [1.54, 1.807) is 0 Å². The van der Waals surface area contributed by atoms with E-state index in [0.717, 1.165) is 19.3 Å². The predicted molar refractivity (Wildman–Crippen MR) is 60.7 cm³/mol. The third-order valence-electron chi connectivity index (χ3n) is 3.76. The summed E-state index contributed by atoms with van der Waals surface area (Å²) in [5.74, 6) is 0.365. The maximum absolute atomic E-state index is 6.23. The van der Waals surface area contributed by atoms with Gasteiger partial charge in [-0.15, -0.1) is 0 Å². The lowest BCUT2D eigenvalue weighted by Crippen LogP contribution is -2.34. The second-order valence-electron chi connectivity index (χ2n) is 5.36. The number of hydrogen-bond acceptors (Lipinski definition) is 2. The van der Waals surface area contributed by atoms with E-state index < -0.39 is 0 Å². The molecule has 1 heterocycles. The van der Waals surface area contributed by atoms with Gasteiger partial charge in [-0.25, -0.2) is 0 Å². The molecular weight excluding hydrogens is 188 g/mol. The maximum atomic E-state index is 6.23. The van der Waals surface area contributed by atoms with E-state index in [2.05, 4.69) is 20.8 Å². The van der Waals surface area contributed by atoms with Crippen molar-refractivity contribution in [1.82, 2.24) is 0 Å². The molecule has 1 saturated heterocycles. The van der Waals surface area contributed by atoms with Crippen molar-refractivity contribution in [2.45, 2.75) is 77.3 Å². The van der Waals surface area contributed by atoms with Gasteiger partial charge >= 0.3 is 0 Å². The highest BCUT2D eigenvalue weighted by Gasteiger charge is 2.47. The minimum absolute atomic E-state index is 0.201. The highest BCUT2D eigenvalue weighted by Crippen LogP contribution is 2.42. The van der Waals surface area contributed by atoms with Gasteiger partial charge in [0.2, 0.25) is 0 Å².